The van der Waals surface area contributed by atoms with Gasteiger partial charge in [0.15, 0.2) is 0 Å². The normalized spacial score (nSPS) is 41.1. The zero-order chi connectivity index (χ0) is 10.2. The quantitative estimate of drug-likeness (QED) is 0.606. The summed E-state index contributed by atoms with van der Waals surface area (Å²) in [6.07, 6.45) is 8.64. The Morgan fingerprint density at radius 1 is 1.36 bits per heavy atom. The van der Waals surface area contributed by atoms with E-state index in [0.717, 1.165) is 23.6 Å². The van der Waals surface area contributed by atoms with Crippen molar-refractivity contribution in [3.05, 3.63) is 0 Å². The third kappa shape index (κ3) is 1.83. The molecule has 0 aliphatic heterocycles. The van der Waals surface area contributed by atoms with E-state index in [-0.39, 0.29) is 0 Å². The van der Waals surface area contributed by atoms with Crippen molar-refractivity contribution in [2.24, 2.45) is 23.2 Å². The van der Waals surface area contributed by atoms with Crippen LogP contribution >= 0.6 is 11.6 Å². The van der Waals surface area contributed by atoms with E-state index in [9.17, 15) is 0 Å². The minimum atomic E-state index is 0.550. The maximum absolute atomic E-state index is 6.24. The molecule has 0 saturated heterocycles. The molecule has 0 aromatic carbocycles. The predicted molar refractivity (Wildman–Crippen MR) is 62.7 cm³/mol. The van der Waals surface area contributed by atoms with Gasteiger partial charge in [0.05, 0.1) is 0 Å². The van der Waals surface area contributed by atoms with Gasteiger partial charge in [-0.1, -0.05) is 26.7 Å². The molecular formula is C13H23Cl. The molecule has 3 atom stereocenters. The minimum absolute atomic E-state index is 0.550. The molecule has 0 amide bonds. The molecule has 2 saturated carbocycles. The Balaban J connectivity index is 1.97. The van der Waals surface area contributed by atoms with Crippen molar-refractivity contribution in [2.75, 3.05) is 5.88 Å². The van der Waals surface area contributed by atoms with E-state index in [0.29, 0.717) is 5.41 Å². The molecule has 0 nitrogen and oxygen atoms in total. The van der Waals surface area contributed by atoms with Gasteiger partial charge in [0.2, 0.25) is 0 Å². The van der Waals surface area contributed by atoms with Crippen molar-refractivity contribution in [1.29, 1.82) is 0 Å². The van der Waals surface area contributed by atoms with Crippen LogP contribution in [-0.2, 0) is 0 Å². The lowest BCUT2D eigenvalue weighted by molar-refractivity contribution is 0.166. The van der Waals surface area contributed by atoms with Crippen LogP contribution < -0.4 is 0 Å². The number of alkyl halides is 1. The zero-order valence-corrected chi connectivity index (χ0v) is 10.3. The van der Waals surface area contributed by atoms with E-state index in [2.05, 4.69) is 13.8 Å². The van der Waals surface area contributed by atoms with Crippen LogP contribution in [0, 0.1) is 23.2 Å². The van der Waals surface area contributed by atoms with Gasteiger partial charge in [-0.05, 0) is 48.9 Å². The number of rotatable bonds is 4. The van der Waals surface area contributed by atoms with Gasteiger partial charge in [0.25, 0.3) is 0 Å². The minimum Gasteiger partial charge on any atom is -0.126 e. The first kappa shape index (κ1) is 10.8. The van der Waals surface area contributed by atoms with E-state index < -0.39 is 0 Å². The summed E-state index contributed by atoms with van der Waals surface area (Å²) in [7, 11) is 0. The molecule has 82 valence electrons. The summed E-state index contributed by atoms with van der Waals surface area (Å²) in [5.41, 5.74) is 0.550. The topological polar surface area (TPSA) is 0 Å². The maximum Gasteiger partial charge on any atom is 0.0282 e. The Kier molecular flexibility index (Phi) is 3.12. The molecule has 0 N–H and O–H groups in total. The van der Waals surface area contributed by atoms with E-state index in [1.54, 1.807) is 0 Å². The highest BCUT2D eigenvalue weighted by Gasteiger charge is 2.49. The second kappa shape index (κ2) is 4.04. The SMILES string of the molecule is CC(C)CCC1(CCl)CC2CCC1C2. The molecule has 0 aromatic heterocycles. The van der Waals surface area contributed by atoms with Crippen LogP contribution in [0.2, 0.25) is 0 Å². The van der Waals surface area contributed by atoms with E-state index in [1.807, 2.05) is 0 Å². The van der Waals surface area contributed by atoms with Crippen molar-refractivity contribution >= 4 is 11.6 Å². The van der Waals surface area contributed by atoms with Gasteiger partial charge in [-0.3, -0.25) is 0 Å². The average Bonchev–Trinajstić information content (AvgIpc) is 2.74. The third-order valence-corrected chi connectivity index (χ3v) is 5.12. The number of hydrogen-bond donors (Lipinski definition) is 0. The van der Waals surface area contributed by atoms with Gasteiger partial charge in [-0.2, -0.15) is 0 Å². The van der Waals surface area contributed by atoms with Gasteiger partial charge in [-0.25, -0.2) is 0 Å². The molecule has 2 rings (SSSR count). The average molecular weight is 215 g/mol. The van der Waals surface area contributed by atoms with Gasteiger partial charge in [0, 0.05) is 5.88 Å². The largest absolute Gasteiger partial charge is 0.126 e. The van der Waals surface area contributed by atoms with Crippen molar-refractivity contribution < 1.29 is 0 Å². The summed E-state index contributed by atoms with van der Waals surface area (Å²) in [4.78, 5) is 0. The Morgan fingerprint density at radius 3 is 2.57 bits per heavy atom. The fourth-order valence-electron chi connectivity index (χ4n) is 3.67. The summed E-state index contributed by atoms with van der Waals surface area (Å²) < 4.78 is 0. The molecular weight excluding hydrogens is 192 g/mol. The molecule has 3 unspecified atom stereocenters. The van der Waals surface area contributed by atoms with E-state index in [4.69, 9.17) is 11.6 Å². The molecule has 1 heteroatoms. The second-order valence-electron chi connectivity index (χ2n) is 6.01. The fourth-order valence-corrected chi connectivity index (χ4v) is 4.13. The smallest absolute Gasteiger partial charge is 0.0282 e. The molecule has 2 fully saturated rings. The van der Waals surface area contributed by atoms with Gasteiger partial charge in [0.1, 0.15) is 0 Å². The van der Waals surface area contributed by atoms with Crippen LogP contribution in [0.3, 0.4) is 0 Å². The van der Waals surface area contributed by atoms with Crippen LogP contribution in [0.5, 0.6) is 0 Å². The van der Waals surface area contributed by atoms with Crippen LogP contribution in [0.25, 0.3) is 0 Å². The lowest BCUT2D eigenvalue weighted by Gasteiger charge is -2.36. The van der Waals surface area contributed by atoms with Gasteiger partial charge in [-0.15, -0.1) is 11.6 Å². The Bertz CT molecular complexity index is 199. The molecule has 14 heavy (non-hydrogen) atoms. The standard InChI is InChI=1S/C13H23Cl/c1-10(2)5-6-13(9-14)8-11-3-4-12(13)7-11/h10-12H,3-9H2,1-2H3. The van der Waals surface area contributed by atoms with E-state index in [1.165, 1.54) is 38.5 Å². The molecule has 2 bridgehead atoms. The first-order valence-corrected chi connectivity index (χ1v) is 6.76. The first-order valence-electron chi connectivity index (χ1n) is 6.22. The summed E-state index contributed by atoms with van der Waals surface area (Å²) >= 11 is 6.24. The Labute approximate surface area is 93.4 Å². The maximum atomic E-state index is 6.24. The number of hydrogen-bond acceptors (Lipinski definition) is 0. The molecule has 0 aromatic rings. The monoisotopic (exact) mass is 214 g/mol. The molecule has 0 spiro atoms. The first-order chi connectivity index (χ1) is 6.66. The Hall–Kier alpha value is 0.290. The fraction of sp³-hybridized carbons (Fsp3) is 1.00. The lowest BCUT2D eigenvalue weighted by Crippen LogP contribution is -2.30. The predicted octanol–water partition coefficient (Wildman–Crippen LogP) is 4.47. The summed E-state index contributed by atoms with van der Waals surface area (Å²) in [5.74, 6) is 3.77. The van der Waals surface area contributed by atoms with Crippen molar-refractivity contribution in [3.8, 4) is 0 Å². The number of halogens is 1. The lowest BCUT2D eigenvalue weighted by atomic mass is 9.71. The molecule has 2 aliphatic rings. The zero-order valence-electron chi connectivity index (χ0n) is 9.56. The summed E-state index contributed by atoms with van der Waals surface area (Å²) in [6.45, 7) is 4.66. The molecule has 0 heterocycles. The van der Waals surface area contributed by atoms with Crippen LogP contribution in [-0.4, -0.2) is 5.88 Å². The second-order valence-corrected chi connectivity index (χ2v) is 6.28. The van der Waals surface area contributed by atoms with Crippen molar-refractivity contribution in [2.45, 2.75) is 52.4 Å². The highest BCUT2D eigenvalue weighted by Crippen LogP contribution is 2.58. The summed E-state index contributed by atoms with van der Waals surface area (Å²) in [5, 5.41) is 0. The third-order valence-electron chi connectivity index (χ3n) is 4.59. The number of fused-ring (bicyclic) bond motifs is 2. The van der Waals surface area contributed by atoms with Gasteiger partial charge < -0.3 is 0 Å². The Morgan fingerprint density at radius 2 is 2.14 bits per heavy atom. The van der Waals surface area contributed by atoms with Crippen molar-refractivity contribution in [1.82, 2.24) is 0 Å². The highest BCUT2D eigenvalue weighted by atomic mass is 35.5. The molecule has 0 radical (unpaired) electrons. The van der Waals surface area contributed by atoms with Crippen LogP contribution in [0.15, 0.2) is 0 Å². The summed E-state index contributed by atoms with van der Waals surface area (Å²) in [6, 6.07) is 0. The van der Waals surface area contributed by atoms with Crippen LogP contribution in [0.1, 0.15) is 52.4 Å². The highest BCUT2D eigenvalue weighted by molar-refractivity contribution is 6.18. The van der Waals surface area contributed by atoms with E-state index >= 15 is 0 Å². The van der Waals surface area contributed by atoms with Crippen molar-refractivity contribution in [3.63, 3.8) is 0 Å². The molecule has 2 aliphatic carbocycles. The van der Waals surface area contributed by atoms with Crippen LogP contribution in [0.4, 0.5) is 0 Å². The van der Waals surface area contributed by atoms with Gasteiger partial charge >= 0.3 is 0 Å².